The van der Waals surface area contributed by atoms with Crippen molar-refractivity contribution in [3.05, 3.63) is 64.9 Å². The third-order valence-electron chi connectivity index (χ3n) is 4.18. The molecule has 0 aliphatic rings. The lowest BCUT2D eigenvalue weighted by atomic mass is 10.0. The Hall–Kier alpha value is -3.44. The number of benzene rings is 1. The maximum Gasteiger partial charge on any atom is 0.220 e. The third kappa shape index (κ3) is 5.13. The highest BCUT2D eigenvalue weighted by Crippen LogP contribution is 2.25. The van der Waals surface area contributed by atoms with Gasteiger partial charge in [0.2, 0.25) is 5.95 Å². The molecule has 154 valence electrons. The van der Waals surface area contributed by atoms with E-state index in [1.165, 1.54) is 18.4 Å². The van der Waals surface area contributed by atoms with Gasteiger partial charge in [-0.15, -0.1) is 0 Å². The van der Waals surface area contributed by atoms with E-state index < -0.39 is 9.71 Å². The number of rotatable bonds is 4. The fraction of sp³-hybridized carbons (Fsp3) is 0.182. The van der Waals surface area contributed by atoms with Gasteiger partial charge in [0.15, 0.2) is 0 Å². The van der Waals surface area contributed by atoms with Crippen molar-refractivity contribution >= 4 is 27.2 Å². The fourth-order valence-corrected chi connectivity index (χ4v) is 3.50. The number of aryl methyl sites for hydroxylation is 2. The van der Waals surface area contributed by atoms with Crippen molar-refractivity contribution in [1.29, 1.82) is 0 Å². The Labute approximate surface area is 175 Å². The van der Waals surface area contributed by atoms with Crippen molar-refractivity contribution in [1.82, 2.24) is 15.0 Å². The van der Waals surface area contributed by atoms with Crippen molar-refractivity contribution in [2.24, 2.45) is 0 Å². The number of nitrogens with one attached hydrogen (secondary N) is 1. The SMILES string of the molecule is C=S(C)(=O)Nc1cc(C#Cc2c(CC)nc(N)nc2-c2cccc(F)c2)cnc1C. The van der Waals surface area contributed by atoms with Gasteiger partial charge in [0.05, 0.1) is 28.3 Å². The van der Waals surface area contributed by atoms with Gasteiger partial charge in [0.1, 0.15) is 5.82 Å². The molecular weight excluding hydrogens is 401 g/mol. The lowest BCUT2D eigenvalue weighted by Gasteiger charge is -2.10. The summed E-state index contributed by atoms with van der Waals surface area (Å²) in [5.74, 6) is 9.48. The van der Waals surface area contributed by atoms with Gasteiger partial charge in [-0.25, -0.2) is 18.6 Å². The van der Waals surface area contributed by atoms with Crippen molar-refractivity contribution in [2.75, 3.05) is 16.7 Å². The van der Waals surface area contributed by atoms with Crippen LogP contribution in [0.1, 0.15) is 29.4 Å². The van der Waals surface area contributed by atoms with E-state index in [4.69, 9.17) is 5.73 Å². The Morgan fingerprint density at radius 1 is 1.27 bits per heavy atom. The van der Waals surface area contributed by atoms with Crippen LogP contribution in [0.15, 0.2) is 36.5 Å². The molecule has 8 heteroatoms. The van der Waals surface area contributed by atoms with Gasteiger partial charge in [-0.2, -0.15) is 0 Å². The quantitative estimate of drug-likeness (QED) is 0.496. The first-order chi connectivity index (χ1) is 14.2. The lowest BCUT2D eigenvalue weighted by molar-refractivity contribution is 0.628. The van der Waals surface area contributed by atoms with Gasteiger partial charge in [-0.05, 0) is 37.4 Å². The number of nitrogen functional groups attached to an aromatic ring is 1. The van der Waals surface area contributed by atoms with Crippen LogP contribution in [0.5, 0.6) is 0 Å². The molecule has 3 rings (SSSR count). The molecule has 0 radical (unpaired) electrons. The molecule has 3 aromatic rings. The van der Waals surface area contributed by atoms with Crippen LogP contribution in [-0.2, 0) is 16.1 Å². The predicted octanol–water partition coefficient (Wildman–Crippen LogP) is 3.20. The van der Waals surface area contributed by atoms with Gasteiger partial charge in [-0.1, -0.05) is 30.9 Å². The second-order valence-corrected chi connectivity index (χ2v) is 9.04. The normalized spacial score (nSPS) is 12.5. The van der Waals surface area contributed by atoms with E-state index in [1.807, 2.05) is 6.92 Å². The summed E-state index contributed by atoms with van der Waals surface area (Å²) in [6.45, 7) is 3.74. The summed E-state index contributed by atoms with van der Waals surface area (Å²) >= 11 is 0. The molecule has 0 saturated carbocycles. The standard InChI is InChI=1S/C22H22FN5OS/c1-5-19-18(21(27-22(24)26-19)16-7-6-8-17(23)12-16)10-9-15-11-20(14(2)25-13-15)28-30(3,4)29/h6-8,11-13H,3,5H2,1-2,4H3,(H,28,29)(H2,24,26,27). The van der Waals surface area contributed by atoms with E-state index in [2.05, 4.69) is 37.4 Å². The number of hydrogen-bond donors (Lipinski definition) is 2. The van der Waals surface area contributed by atoms with Crippen LogP contribution >= 0.6 is 0 Å². The molecule has 0 spiro atoms. The summed E-state index contributed by atoms with van der Waals surface area (Å²) in [5, 5.41) is 0. The number of nitrogens with zero attached hydrogens (tertiary/aromatic N) is 3. The predicted molar refractivity (Wildman–Crippen MR) is 121 cm³/mol. The molecule has 30 heavy (non-hydrogen) atoms. The molecule has 0 amide bonds. The Morgan fingerprint density at radius 2 is 2.03 bits per heavy atom. The van der Waals surface area contributed by atoms with Crippen LogP contribution in [0.2, 0.25) is 0 Å². The fourth-order valence-electron chi connectivity index (χ4n) is 2.83. The number of anilines is 2. The number of aromatic nitrogens is 3. The molecule has 0 fully saturated rings. The number of pyridine rings is 1. The molecule has 1 atom stereocenters. The second kappa shape index (κ2) is 8.51. The highest BCUT2D eigenvalue weighted by atomic mass is 32.2. The molecular formula is C22H22FN5OS. The Balaban J connectivity index is 2.13. The first kappa shape index (κ1) is 21.3. The number of halogens is 1. The third-order valence-corrected chi connectivity index (χ3v) is 4.83. The molecule has 2 heterocycles. The van der Waals surface area contributed by atoms with Gasteiger partial charge in [0.25, 0.3) is 0 Å². The summed E-state index contributed by atoms with van der Waals surface area (Å²) in [5.41, 5.74) is 10.0. The second-order valence-electron chi connectivity index (χ2n) is 6.83. The molecule has 6 nitrogen and oxygen atoms in total. The van der Waals surface area contributed by atoms with Crippen molar-refractivity contribution < 1.29 is 8.60 Å². The van der Waals surface area contributed by atoms with E-state index in [1.54, 1.807) is 31.3 Å². The zero-order valence-electron chi connectivity index (χ0n) is 17.0. The molecule has 0 aliphatic carbocycles. The molecule has 2 aromatic heterocycles. The van der Waals surface area contributed by atoms with Crippen LogP contribution in [0, 0.1) is 24.6 Å². The minimum Gasteiger partial charge on any atom is -0.368 e. The maximum absolute atomic E-state index is 13.8. The van der Waals surface area contributed by atoms with E-state index in [9.17, 15) is 8.60 Å². The minimum absolute atomic E-state index is 0.105. The summed E-state index contributed by atoms with van der Waals surface area (Å²) in [6, 6.07) is 7.86. The average molecular weight is 424 g/mol. The zero-order chi connectivity index (χ0) is 21.9. The topological polar surface area (TPSA) is 93.8 Å². The number of hydrogen-bond acceptors (Lipinski definition) is 5. The van der Waals surface area contributed by atoms with Crippen LogP contribution in [0.4, 0.5) is 16.0 Å². The molecule has 0 bridgehead atoms. The van der Waals surface area contributed by atoms with E-state index in [0.717, 1.165) is 0 Å². The van der Waals surface area contributed by atoms with Crippen LogP contribution in [0.3, 0.4) is 0 Å². The highest BCUT2D eigenvalue weighted by molar-refractivity contribution is 8.00. The van der Waals surface area contributed by atoms with Crippen molar-refractivity contribution in [3.8, 4) is 23.1 Å². The lowest BCUT2D eigenvalue weighted by Crippen LogP contribution is -2.11. The summed E-state index contributed by atoms with van der Waals surface area (Å²) < 4.78 is 28.6. The van der Waals surface area contributed by atoms with E-state index in [-0.39, 0.29) is 11.8 Å². The molecule has 1 aromatic carbocycles. The maximum atomic E-state index is 13.8. The summed E-state index contributed by atoms with van der Waals surface area (Å²) in [6.07, 6.45) is 3.71. The molecule has 0 saturated heterocycles. The van der Waals surface area contributed by atoms with Gasteiger partial charge >= 0.3 is 0 Å². The minimum atomic E-state index is -2.45. The first-order valence-electron chi connectivity index (χ1n) is 9.17. The summed E-state index contributed by atoms with van der Waals surface area (Å²) in [4.78, 5) is 12.9. The van der Waals surface area contributed by atoms with Crippen molar-refractivity contribution in [2.45, 2.75) is 20.3 Å². The van der Waals surface area contributed by atoms with Crippen LogP contribution in [0.25, 0.3) is 11.3 Å². The summed E-state index contributed by atoms with van der Waals surface area (Å²) in [7, 11) is -2.45. The van der Waals surface area contributed by atoms with Crippen molar-refractivity contribution in [3.63, 3.8) is 0 Å². The highest BCUT2D eigenvalue weighted by Gasteiger charge is 2.13. The average Bonchev–Trinajstić information content (AvgIpc) is 2.67. The van der Waals surface area contributed by atoms with E-state index in [0.29, 0.717) is 45.9 Å². The van der Waals surface area contributed by atoms with E-state index >= 15 is 0 Å². The monoisotopic (exact) mass is 423 g/mol. The Bertz CT molecular complexity index is 1280. The molecule has 3 N–H and O–H groups in total. The van der Waals surface area contributed by atoms with Crippen LogP contribution < -0.4 is 10.5 Å². The smallest absolute Gasteiger partial charge is 0.220 e. The molecule has 0 aliphatic heterocycles. The zero-order valence-corrected chi connectivity index (χ0v) is 17.8. The Morgan fingerprint density at radius 3 is 2.70 bits per heavy atom. The van der Waals surface area contributed by atoms with Crippen LogP contribution in [-0.4, -0.2) is 31.3 Å². The first-order valence-corrected chi connectivity index (χ1v) is 11.3. The van der Waals surface area contributed by atoms with Gasteiger partial charge < -0.3 is 10.5 Å². The Kier molecular flexibility index (Phi) is 6.04. The molecule has 1 unspecified atom stereocenters. The van der Waals surface area contributed by atoms with Gasteiger partial charge in [0, 0.05) is 33.3 Å². The van der Waals surface area contributed by atoms with Gasteiger partial charge in [-0.3, -0.25) is 4.98 Å². The number of nitrogens with two attached hydrogens (primary N) is 1. The largest absolute Gasteiger partial charge is 0.368 e.